The van der Waals surface area contributed by atoms with Crippen molar-refractivity contribution in [3.8, 4) is 11.5 Å². The lowest BCUT2D eigenvalue weighted by molar-refractivity contribution is -0.113. The molecule has 1 fully saturated rings. The lowest BCUT2D eigenvalue weighted by Gasteiger charge is -2.26. The Kier molecular flexibility index (Phi) is 7.59. The van der Waals surface area contributed by atoms with Crippen molar-refractivity contribution in [1.82, 2.24) is 4.31 Å². The summed E-state index contributed by atoms with van der Waals surface area (Å²) >= 11 is 1.36. The zero-order valence-corrected chi connectivity index (χ0v) is 18.4. The van der Waals surface area contributed by atoms with Gasteiger partial charge in [0.1, 0.15) is 11.5 Å². The fourth-order valence-electron chi connectivity index (χ4n) is 2.89. The SMILES string of the molecule is COc1ccc(SCC(=O)Nc2cc(S(=O)(=O)N3CCOCC3)ccc2OC)cc1. The number of anilines is 1. The van der Waals surface area contributed by atoms with Crippen LogP contribution in [0.25, 0.3) is 0 Å². The molecule has 0 spiro atoms. The number of nitrogens with one attached hydrogen (secondary N) is 1. The van der Waals surface area contributed by atoms with E-state index in [1.807, 2.05) is 24.3 Å². The number of morpholine rings is 1. The zero-order valence-electron chi connectivity index (χ0n) is 16.8. The number of hydrogen-bond acceptors (Lipinski definition) is 7. The second kappa shape index (κ2) is 10.2. The monoisotopic (exact) mass is 452 g/mol. The van der Waals surface area contributed by atoms with Gasteiger partial charge in [-0.05, 0) is 42.5 Å². The van der Waals surface area contributed by atoms with E-state index in [0.29, 0.717) is 37.7 Å². The highest BCUT2D eigenvalue weighted by molar-refractivity contribution is 8.00. The summed E-state index contributed by atoms with van der Waals surface area (Å²) in [6.07, 6.45) is 0. The molecule has 0 aliphatic carbocycles. The number of benzene rings is 2. The first-order valence-corrected chi connectivity index (χ1v) is 11.7. The van der Waals surface area contributed by atoms with Crippen molar-refractivity contribution in [1.29, 1.82) is 0 Å². The minimum absolute atomic E-state index is 0.100. The van der Waals surface area contributed by atoms with Crippen LogP contribution in [0.5, 0.6) is 11.5 Å². The van der Waals surface area contributed by atoms with E-state index in [0.717, 1.165) is 10.6 Å². The number of rotatable bonds is 8. The van der Waals surface area contributed by atoms with Crippen LogP contribution in [0.2, 0.25) is 0 Å². The Balaban J connectivity index is 1.70. The molecule has 162 valence electrons. The number of hydrogen-bond donors (Lipinski definition) is 1. The van der Waals surface area contributed by atoms with Crippen molar-refractivity contribution in [2.75, 3.05) is 51.6 Å². The van der Waals surface area contributed by atoms with Crippen LogP contribution in [0, 0.1) is 0 Å². The molecule has 0 atom stereocenters. The van der Waals surface area contributed by atoms with Crippen molar-refractivity contribution in [3.05, 3.63) is 42.5 Å². The van der Waals surface area contributed by atoms with E-state index in [1.54, 1.807) is 13.2 Å². The lowest BCUT2D eigenvalue weighted by Crippen LogP contribution is -2.40. The van der Waals surface area contributed by atoms with E-state index in [9.17, 15) is 13.2 Å². The highest BCUT2D eigenvalue weighted by Gasteiger charge is 2.27. The molecule has 30 heavy (non-hydrogen) atoms. The van der Waals surface area contributed by atoms with Gasteiger partial charge in [-0.3, -0.25) is 4.79 Å². The van der Waals surface area contributed by atoms with Crippen molar-refractivity contribution in [2.24, 2.45) is 0 Å². The van der Waals surface area contributed by atoms with Crippen LogP contribution in [0.1, 0.15) is 0 Å². The predicted molar refractivity (Wildman–Crippen MR) is 115 cm³/mol. The molecule has 1 aliphatic heterocycles. The van der Waals surface area contributed by atoms with E-state index in [4.69, 9.17) is 14.2 Å². The molecule has 1 N–H and O–H groups in total. The Hall–Kier alpha value is -2.27. The van der Waals surface area contributed by atoms with Crippen molar-refractivity contribution < 1.29 is 27.4 Å². The molecule has 2 aromatic rings. The summed E-state index contributed by atoms with van der Waals surface area (Å²) in [6.45, 7) is 1.33. The molecule has 0 radical (unpaired) electrons. The molecular weight excluding hydrogens is 428 g/mol. The van der Waals surface area contributed by atoms with E-state index in [-0.39, 0.29) is 16.6 Å². The molecule has 0 aromatic heterocycles. The second-order valence-corrected chi connectivity index (χ2v) is 9.38. The molecule has 0 bridgehead atoms. The van der Waals surface area contributed by atoms with E-state index >= 15 is 0 Å². The number of nitrogens with zero attached hydrogens (tertiary/aromatic N) is 1. The number of ether oxygens (including phenoxy) is 3. The van der Waals surface area contributed by atoms with Gasteiger partial charge in [0.2, 0.25) is 15.9 Å². The van der Waals surface area contributed by atoms with Gasteiger partial charge >= 0.3 is 0 Å². The lowest BCUT2D eigenvalue weighted by atomic mass is 10.3. The maximum atomic E-state index is 12.9. The Bertz CT molecular complexity index is 973. The highest BCUT2D eigenvalue weighted by atomic mass is 32.2. The van der Waals surface area contributed by atoms with Crippen LogP contribution in [-0.4, -0.2) is 64.9 Å². The average molecular weight is 453 g/mol. The van der Waals surface area contributed by atoms with Crippen LogP contribution in [-0.2, 0) is 19.6 Å². The molecule has 0 unspecified atom stereocenters. The summed E-state index contributed by atoms with van der Waals surface area (Å²) in [5.74, 6) is 1.02. The number of carbonyl (C=O) groups is 1. The fourth-order valence-corrected chi connectivity index (χ4v) is 5.02. The zero-order chi connectivity index (χ0) is 21.6. The standard InChI is InChI=1S/C20H24N2O6S2/c1-26-15-3-5-16(6-4-15)29-14-20(23)21-18-13-17(7-8-19(18)27-2)30(24,25)22-9-11-28-12-10-22/h3-8,13H,9-12,14H2,1-2H3,(H,21,23). The minimum Gasteiger partial charge on any atom is -0.497 e. The molecule has 0 saturated carbocycles. The molecule has 10 heteroatoms. The largest absolute Gasteiger partial charge is 0.497 e. The third kappa shape index (κ3) is 5.45. The molecule has 1 amide bonds. The molecule has 2 aromatic carbocycles. The highest BCUT2D eigenvalue weighted by Crippen LogP contribution is 2.30. The van der Waals surface area contributed by atoms with Crippen molar-refractivity contribution >= 4 is 33.4 Å². The topological polar surface area (TPSA) is 94.2 Å². The van der Waals surface area contributed by atoms with Crippen LogP contribution in [0.15, 0.2) is 52.3 Å². The number of sulfonamides is 1. The van der Waals surface area contributed by atoms with Gasteiger partial charge in [0.25, 0.3) is 0 Å². The van der Waals surface area contributed by atoms with Gasteiger partial charge < -0.3 is 19.5 Å². The number of methoxy groups -OCH3 is 2. The van der Waals surface area contributed by atoms with Crippen LogP contribution >= 0.6 is 11.8 Å². The Morgan fingerprint density at radius 2 is 1.80 bits per heavy atom. The van der Waals surface area contributed by atoms with Crippen LogP contribution in [0.3, 0.4) is 0 Å². The van der Waals surface area contributed by atoms with E-state index < -0.39 is 10.0 Å². The van der Waals surface area contributed by atoms with Gasteiger partial charge in [-0.15, -0.1) is 11.8 Å². The summed E-state index contributed by atoms with van der Waals surface area (Å²) in [6, 6.07) is 11.8. The Morgan fingerprint density at radius 1 is 1.10 bits per heavy atom. The molecular formula is C20H24N2O6S2. The molecule has 1 aliphatic rings. The average Bonchev–Trinajstić information content (AvgIpc) is 2.78. The summed E-state index contributed by atoms with van der Waals surface area (Å²) < 4.78 is 42.8. The summed E-state index contributed by atoms with van der Waals surface area (Å²) in [5.41, 5.74) is 0.312. The quantitative estimate of drug-likeness (QED) is 0.615. The normalized spacial score (nSPS) is 14.9. The van der Waals surface area contributed by atoms with Crippen molar-refractivity contribution in [2.45, 2.75) is 9.79 Å². The van der Waals surface area contributed by atoms with Crippen molar-refractivity contribution in [3.63, 3.8) is 0 Å². The van der Waals surface area contributed by atoms with Crippen LogP contribution < -0.4 is 14.8 Å². The van der Waals surface area contributed by atoms with Gasteiger partial charge in [-0.2, -0.15) is 4.31 Å². The summed E-state index contributed by atoms with van der Waals surface area (Å²) in [5, 5.41) is 2.75. The maximum Gasteiger partial charge on any atom is 0.243 e. The second-order valence-electron chi connectivity index (χ2n) is 6.39. The van der Waals surface area contributed by atoms with Crippen LogP contribution in [0.4, 0.5) is 5.69 Å². The third-order valence-electron chi connectivity index (χ3n) is 4.48. The van der Waals surface area contributed by atoms with Gasteiger partial charge in [-0.1, -0.05) is 0 Å². The van der Waals surface area contributed by atoms with Gasteiger partial charge in [0, 0.05) is 18.0 Å². The van der Waals surface area contributed by atoms with E-state index in [2.05, 4.69) is 5.32 Å². The fraction of sp³-hybridized carbons (Fsp3) is 0.350. The first-order valence-electron chi connectivity index (χ1n) is 9.26. The third-order valence-corrected chi connectivity index (χ3v) is 7.39. The van der Waals surface area contributed by atoms with Gasteiger partial charge in [0.05, 0.1) is 43.8 Å². The molecule has 1 heterocycles. The molecule has 3 rings (SSSR count). The minimum atomic E-state index is -3.68. The number of amides is 1. The number of carbonyl (C=O) groups excluding carboxylic acids is 1. The molecule has 1 saturated heterocycles. The first-order chi connectivity index (χ1) is 14.4. The predicted octanol–water partition coefficient (Wildman–Crippen LogP) is 2.46. The summed E-state index contributed by atoms with van der Waals surface area (Å²) in [7, 11) is -0.619. The summed E-state index contributed by atoms with van der Waals surface area (Å²) in [4.78, 5) is 13.5. The number of thioether (sulfide) groups is 1. The van der Waals surface area contributed by atoms with Gasteiger partial charge in [-0.25, -0.2) is 8.42 Å². The van der Waals surface area contributed by atoms with E-state index in [1.165, 1.54) is 35.3 Å². The van der Waals surface area contributed by atoms with Gasteiger partial charge in [0.15, 0.2) is 0 Å². The maximum absolute atomic E-state index is 12.9. The first kappa shape index (κ1) is 22.4. The Morgan fingerprint density at radius 3 is 2.43 bits per heavy atom. The molecule has 8 nitrogen and oxygen atoms in total. The Labute approximate surface area is 180 Å². The smallest absolute Gasteiger partial charge is 0.243 e.